The van der Waals surface area contributed by atoms with Crippen LogP contribution in [0.25, 0.3) is 0 Å². The minimum Gasteiger partial charge on any atom is -0.381 e. The molecule has 19 heavy (non-hydrogen) atoms. The van der Waals surface area contributed by atoms with E-state index in [9.17, 15) is 0 Å². The van der Waals surface area contributed by atoms with Crippen LogP contribution < -0.4 is 5.32 Å². The maximum absolute atomic E-state index is 5.58. The van der Waals surface area contributed by atoms with Gasteiger partial charge in [0.2, 0.25) is 0 Å². The molecule has 0 radical (unpaired) electrons. The van der Waals surface area contributed by atoms with Gasteiger partial charge in [0.15, 0.2) is 0 Å². The fraction of sp³-hybridized carbons (Fsp3) is 1.00. The summed E-state index contributed by atoms with van der Waals surface area (Å²) in [6.07, 6.45) is 2.41. The lowest BCUT2D eigenvalue weighted by molar-refractivity contribution is -0.0217. The normalized spacial score (nSPS) is 29.5. The maximum atomic E-state index is 5.58. The van der Waals surface area contributed by atoms with Gasteiger partial charge in [-0.25, -0.2) is 0 Å². The van der Waals surface area contributed by atoms with Crippen LogP contribution in [0.4, 0.5) is 0 Å². The molecule has 2 aliphatic heterocycles. The van der Waals surface area contributed by atoms with Crippen LogP contribution in [0.5, 0.6) is 0 Å². The minimum atomic E-state index is 0.429. The molecule has 2 heterocycles. The van der Waals surface area contributed by atoms with Crippen molar-refractivity contribution in [2.24, 2.45) is 5.41 Å². The van der Waals surface area contributed by atoms with Crippen LogP contribution in [0.1, 0.15) is 26.7 Å². The highest BCUT2D eigenvalue weighted by Gasteiger charge is 2.36. The molecule has 2 saturated heterocycles. The molecule has 112 valence electrons. The molecule has 0 spiro atoms. The first-order chi connectivity index (χ1) is 9.15. The Morgan fingerprint density at radius 1 is 1.26 bits per heavy atom. The van der Waals surface area contributed by atoms with Crippen molar-refractivity contribution in [1.29, 1.82) is 0 Å². The van der Waals surface area contributed by atoms with E-state index >= 15 is 0 Å². The molecule has 0 aliphatic carbocycles. The average molecular weight is 269 g/mol. The van der Waals surface area contributed by atoms with Crippen LogP contribution in [0.15, 0.2) is 0 Å². The Bertz CT molecular complexity index is 266. The van der Waals surface area contributed by atoms with Gasteiger partial charge < -0.3 is 15.0 Å². The summed E-state index contributed by atoms with van der Waals surface area (Å²) in [6, 6.07) is 0.681. The molecular formula is C15H31N3O. The lowest BCUT2D eigenvalue weighted by atomic mass is 9.79. The van der Waals surface area contributed by atoms with Crippen molar-refractivity contribution in [2.45, 2.75) is 32.7 Å². The van der Waals surface area contributed by atoms with E-state index in [1.807, 2.05) is 0 Å². The van der Waals surface area contributed by atoms with E-state index in [1.165, 1.54) is 39.0 Å². The summed E-state index contributed by atoms with van der Waals surface area (Å²) in [7, 11) is 2.23. The number of nitrogens with one attached hydrogen (secondary N) is 1. The van der Waals surface area contributed by atoms with Crippen molar-refractivity contribution < 1.29 is 4.74 Å². The Kier molecular flexibility index (Phi) is 5.63. The van der Waals surface area contributed by atoms with E-state index in [-0.39, 0.29) is 0 Å². The smallest absolute Gasteiger partial charge is 0.0472 e. The maximum Gasteiger partial charge on any atom is 0.0472 e. The molecule has 0 saturated carbocycles. The van der Waals surface area contributed by atoms with Crippen LogP contribution in [0.3, 0.4) is 0 Å². The number of nitrogens with zero attached hydrogens (tertiary/aromatic N) is 2. The highest BCUT2D eigenvalue weighted by atomic mass is 16.5. The molecule has 4 heteroatoms. The lowest BCUT2D eigenvalue weighted by Gasteiger charge is -2.46. The van der Waals surface area contributed by atoms with Crippen LogP contribution in [0, 0.1) is 5.41 Å². The zero-order chi connectivity index (χ0) is 13.7. The third kappa shape index (κ3) is 4.15. The van der Waals surface area contributed by atoms with Crippen molar-refractivity contribution in [3.63, 3.8) is 0 Å². The zero-order valence-corrected chi connectivity index (χ0v) is 13.0. The summed E-state index contributed by atoms with van der Waals surface area (Å²) in [5.41, 5.74) is 0.429. The number of piperazine rings is 1. The Hall–Kier alpha value is -0.160. The second kappa shape index (κ2) is 7.02. The van der Waals surface area contributed by atoms with E-state index in [1.54, 1.807) is 0 Å². The molecular weight excluding hydrogens is 238 g/mol. The van der Waals surface area contributed by atoms with E-state index in [2.05, 4.69) is 36.0 Å². The van der Waals surface area contributed by atoms with Crippen LogP contribution >= 0.6 is 0 Å². The monoisotopic (exact) mass is 269 g/mol. The summed E-state index contributed by atoms with van der Waals surface area (Å²) in [4.78, 5) is 5.14. The molecule has 1 N–H and O–H groups in total. The molecule has 0 aromatic rings. The van der Waals surface area contributed by atoms with Gasteiger partial charge >= 0.3 is 0 Å². The number of hydrogen-bond donors (Lipinski definition) is 1. The van der Waals surface area contributed by atoms with E-state index in [0.29, 0.717) is 11.5 Å². The zero-order valence-electron chi connectivity index (χ0n) is 13.0. The predicted molar refractivity (Wildman–Crippen MR) is 79.6 cm³/mol. The van der Waals surface area contributed by atoms with Crippen LogP contribution in [-0.2, 0) is 4.74 Å². The number of likely N-dealkylation sites (N-methyl/N-ethyl adjacent to an activating group) is 1. The largest absolute Gasteiger partial charge is 0.381 e. The second-order valence-electron chi connectivity index (χ2n) is 6.47. The van der Waals surface area contributed by atoms with Gasteiger partial charge in [-0.1, -0.05) is 6.92 Å². The fourth-order valence-corrected chi connectivity index (χ4v) is 3.43. The Morgan fingerprint density at radius 3 is 2.63 bits per heavy atom. The van der Waals surface area contributed by atoms with Gasteiger partial charge in [-0.3, -0.25) is 4.90 Å². The molecule has 1 unspecified atom stereocenters. The molecule has 4 nitrogen and oxygen atoms in total. The number of ether oxygens (including phenoxy) is 1. The predicted octanol–water partition coefficient (Wildman–Crippen LogP) is 1.03. The molecule has 1 atom stereocenters. The third-order valence-corrected chi connectivity index (χ3v) is 4.81. The quantitative estimate of drug-likeness (QED) is 0.807. The van der Waals surface area contributed by atoms with Gasteiger partial charge in [-0.2, -0.15) is 0 Å². The van der Waals surface area contributed by atoms with Gasteiger partial charge in [0.05, 0.1) is 0 Å². The molecule has 2 rings (SSSR count). The summed E-state index contributed by atoms with van der Waals surface area (Å²) >= 11 is 0. The topological polar surface area (TPSA) is 27.7 Å². The highest BCUT2D eigenvalue weighted by molar-refractivity contribution is 4.90. The van der Waals surface area contributed by atoms with Crippen molar-refractivity contribution in [2.75, 3.05) is 59.5 Å². The summed E-state index contributed by atoms with van der Waals surface area (Å²) in [5, 5.41) is 3.58. The van der Waals surface area contributed by atoms with Gasteiger partial charge in [0.25, 0.3) is 0 Å². The van der Waals surface area contributed by atoms with Gasteiger partial charge in [-0.05, 0) is 38.8 Å². The van der Waals surface area contributed by atoms with Crippen molar-refractivity contribution in [3.8, 4) is 0 Å². The molecule has 0 amide bonds. The Labute approximate surface area is 118 Å². The summed E-state index contributed by atoms with van der Waals surface area (Å²) in [5.74, 6) is 0. The van der Waals surface area contributed by atoms with Gasteiger partial charge in [0.1, 0.15) is 0 Å². The summed E-state index contributed by atoms with van der Waals surface area (Å²) in [6.45, 7) is 13.5. The minimum absolute atomic E-state index is 0.429. The highest BCUT2D eigenvalue weighted by Crippen LogP contribution is 2.32. The Morgan fingerprint density at radius 2 is 2.00 bits per heavy atom. The van der Waals surface area contributed by atoms with Crippen LogP contribution in [0.2, 0.25) is 0 Å². The first kappa shape index (κ1) is 15.2. The van der Waals surface area contributed by atoms with E-state index < -0.39 is 0 Å². The van der Waals surface area contributed by atoms with Crippen molar-refractivity contribution >= 4 is 0 Å². The molecule has 0 bridgehead atoms. The Balaban J connectivity index is 1.94. The summed E-state index contributed by atoms with van der Waals surface area (Å²) < 4.78 is 5.58. The first-order valence-electron chi connectivity index (χ1n) is 7.86. The van der Waals surface area contributed by atoms with E-state index in [0.717, 1.165) is 26.3 Å². The molecule has 0 aromatic carbocycles. The first-order valence-corrected chi connectivity index (χ1v) is 7.86. The van der Waals surface area contributed by atoms with E-state index in [4.69, 9.17) is 4.74 Å². The standard InChI is InChI=1S/C15H31N3O/c1-4-16-12-15(5-9-19-10-6-15)13-18-8-7-17(3)11-14(18)2/h14,16H,4-13H2,1-3H3. The van der Waals surface area contributed by atoms with Crippen molar-refractivity contribution in [3.05, 3.63) is 0 Å². The molecule has 2 fully saturated rings. The fourth-order valence-electron chi connectivity index (χ4n) is 3.43. The molecule has 2 aliphatic rings. The van der Waals surface area contributed by atoms with Crippen molar-refractivity contribution in [1.82, 2.24) is 15.1 Å². The second-order valence-corrected chi connectivity index (χ2v) is 6.47. The van der Waals surface area contributed by atoms with Gasteiger partial charge in [0, 0.05) is 52.0 Å². The molecule has 0 aromatic heterocycles. The average Bonchev–Trinajstić information content (AvgIpc) is 2.41. The third-order valence-electron chi connectivity index (χ3n) is 4.81. The lowest BCUT2D eigenvalue weighted by Crippen LogP contribution is -2.56. The number of rotatable bonds is 5. The van der Waals surface area contributed by atoms with Gasteiger partial charge in [-0.15, -0.1) is 0 Å². The SMILES string of the molecule is CCNCC1(CN2CCN(C)CC2C)CCOCC1. The number of hydrogen-bond acceptors (Lipinski definition) is 4. The van der Waals surface area contributed by atoms with Crippen LogP contribution in [-0.4, -0.2) is 75.4 Å².